The largest absolute Gasteiger partial charge is 0.505 e. The summed E-state index contributed by atoms with van der Waals surface area (Å²) >= 11 is 1.45. The third-order valence-corrected chi connectivity index (χ3v) is 6.68. The number of hydrogen-bond donors (Lipinski definition) is 3. The van der Waals surface area contributed by atoms with Crippen LogP contribution in [0.3, 0.4) is 0 Å². The number of hydrogen-bond acceptors (Lipinski definition) is 7. The van der Waals surface area contributed by atoms with Crippen molar-refractivity contribution in [2.75, 3.05) is 6.61 Å². The van der Waals surface area contributed by atoms with Gasteiger partial charge in [0.25, 0.3) is 0 Å². The maximum Gasteiger partial charge on any atom is 0.194 e. The van der Waals surface area contributed by atoms with Gasteiger partial charge in [-0.3, -0.25) is 9.97 Å². The number of aromatic nitrogens is 5. The predicted octanol–water partition coefficient (Wildman–Crippen LogP) is 5.05. The Morgan fingerprint density at radius 1 is 1.12 bits per heavy atom. The van der Waals surface area contributed by atoms with E-state index in [1.165, 1.54) is 11.8 Å². The van der Waals surface area contributed by atoms with E-state index in [4.69, 9.17) is 4.98 Å². The van der Waals surface area contributed by atoms with E-state index in [1.807, 2.05) is 31.3 Å². The molecule has 0 aliphatic rings. The summed E-state index contributed by atoms with van der Waals surface area (Å²) in [6.45, 7) is 4.35. The van der Waals surface area contributed by atoms with Crippen LogP contribution in [-0.2, 0) is 12.8 Å². The molecule has 0 aromatic carbocycles. The zero-order valence-electron chi connectivity index (χ0n) is 18.5. The summed E-state index contributed by atoms with van der Waals surface area (Å²) in [7, 11) is 0. The number of aryl methyl sites for hydroxylation is 2. The highest BCUT2D eigenvalue weighted by Gasteiger charge is 2.18. The Morgan fingerprint density at radius 2 is 2.00 bits per heavy atom. The first-order chi connectivity index (χ1) is 15.6. The van der Waals surface area contributed by atoms with Gasteiger partial charge in [-0.25, -0.2) is 9.97 Å². The fraction of sp³-hybridized carbons (Fsp3) is 0.417. The minimum Gasteiger partial charge on any atom is -0.505 e. The summed E-state index contributed by atoms with van der Waals surface area (Å²) in [4.78, 5) is 22.5. The van der Waals surface area contributed by atoms with Crippen molar-refractivity contribution >= 4 is 33.8 Å². The number of aromatic hydroxyl groups is 1. The normalized spacial score (nSPS) is 12.6. The Morgan fingerprint density at radius 3 is 2.78 bits per heavy atom. The molecular weight excluding hydrogens is 422 g/mol. The molecule has 3 N–H and O–H groups in total. The number of aliphatic hydroxyl groups excluding tert-OH is 1. The maximum atomic E-state index is 10.7. The highest BCUT2D eigenvalue weighted by molar-refractivity contribution is 7.99. The number of aliphatic hydroxyl groups is 1. The molecule has 0 aliphatic heterocycles. The number of rotatable bonds is 10. The first-order valence-corrected chi connectivity index (χ1v) is 12.0. The van der Waals surface area contributed by atoms with Crippen molar-refractivity contribution in [3.63, 3.8) is 0 Å². The molecule has 1 unspecified atom stereocenters. The van der Waals surface area contributed by atoms with Crippen molar-refractivity contribution in [2.24, 2.45) is 5.92 Å². The SMILES string of the molecule is CCc1[nH]c2nc(Sc3cnc4cccnc4c3)nc(CCCCC(CC)CO)c2c1O. The summed E-state index contributed by atoms with van der Waals surface area (Å²) in [6, 6.07) is 5.80. The zero-order valence-corrected chi connectivity index (χ0v) is 19.3. The molecule has 4 aromatic rings. The number of unbranched alkanes of at least 4 members (excludes halogenated alkanes) is 1. The number of H-pyrrole nitrogens is 1. The van der Waals surface area contributed by atoms with E-state index in [1.54, 1.807) is 6.20 Å². The molecule has 0 bridgehead atoms. The van der Waals surface area contributed by atoms with Gasteiger partial charge in [-0.2, -0.15) is 0 Å². The molecule has 0 spiro atoms. The van der Waals surface area contributed by atoms with E-state index in [0.717, 1.165) is 64.8 Å². The van der Waals surface area contributed by atoms with Crippen LogP contribution < -0.4 is 0 Å². The minimum atomic E-state index is 0.238. The van der Waals surface area contributed by atoms with Crippen molar-refractivity contribution in [2.45, 2.75) is 62.4 Å². The zero-order chi connectivity index (χ0) is 22.5. The second-order valence-electron chi connectivity index (χ2n) is 8.00. The second-order valence-corrected chi connectivity index (χ2v) is 9.04. The van der Waals surface area contributed by atoms with Crippen molar-refractivity contribution in [3.8, 4) is 5.75 Å². The lowest BCUT2D eigenvalue weighted by atomic mass is 9.99. The molecule has 4 rings (SSSR count). The van der Waals surface area contributed by atoms with E-state index in [2.05, 4.69) is 26.9 Å². The smallest absolute Gasteiger partial charge is 0.194 e. The molecule has 7 nitrogen and oxygen atoms in total. The molecule has 168 valence electrons. The second kappa shape index (κ2) is 10.3. The average molecular weight is 452 g/mol. The lowest BCUT2D eigenvalue weighted by Gasteiger charge is -2.11. The number of aromatic amines is 1. The summed E-state index contributed by atoms with van der Waals surface area (Å²) in [5.74, 6) is 0.611. The molecule has 0 saturated carbocycles. The fourth-order valence-corrected chi connectivity index (χ4v) is 4.68. The van der Waals surface area contributed by atoms with Gasteiger partial charge in [0.1, 0.15) is 11.4 Å². The summed E-state index contributed by atoms with van der Waals surface area (Å²) in [5.41, 5.74) is 3.99. The first kappa shape index (κ1) is 22.5. The van der Waals surface area contributed by atoms with Gasteiger partial charge in [0.05, 0.1) is 27.8 Å². The van der Waals surface area contributed by atoms with Gasteiger partial charge in [0.15, 0.2) is 5.16 Å². The van der Waals surface area contributed by atoms with Gasteiger partial charge < -0.3 is 15.2 Å². The van der Waals surface area contributed by atoms with Crippen LogP contribution >= 0.6 is 11.8 Å². The van der Waals surface area contributed by atoms with Crippen LogP contribution in [0.25, 0.3) is 22.1 Å². The molecule has 4 aromatic heterocycles. The van der Waals surface area contributed by atoms with Gasteiger partial charge in [-0.15, -0.1) is 0 Å². The van der Waals surface area contributed by atoms with E-state index in [9.17, 15) is 10.2 Å². The van der Waals surface area contributed by atoms with Gasteiger partial charge in [-0.1, -0.05) is 26.7 Å². The van der Waals surface area contributed by atoms with Gasteiger partial charge in [0.2, 0.25) is 0 Å². The lowest BCUT2D eigenvalue weighted by molar-refractivity contribution is 0.212. The van der Waals surface area contributed by atoms with Gasteiger partial charge in [-0.05, 0) is 61.6 Å². The van der Waals surface area contributed by atoms with Crippen LogP contribution in [0.1, 0.15) is 50.9 Å². The predicted molar refractivity (Wildman–Crippen MR) is 127 cm³/mol. The number of nitrogens with one attached hydrogen (secondary N) is 1. The van der Waals surface area contributed by atoms with E-state index in [-0.39, 0.29) is 12.4 Å². The Labute approximate surface area is 191 Å². The van der Waals surface area contributed by atoms with E-state index < -0.39 is 0 Å². The highest BCUT2D eigenvalue weighted by atomic mass is 32.2. The van der Waals surface area contributed by atoms with Crippen LogP contribution in [0, 0.1) is 5.92 Å². The molecule has 8 heteroatoms. The Hall–Kier alpha value is -2.71. The molecule has 32 heavy (non-hydrogen) atoms. The molecule has 4 heterocycles. The average Bonchev–Trinajstić information content (AvgIpc) is 3.14. The molecule has 0 fully saturated rings. The van der Waals surface area contributed by atoms with Crippen LogP contribution in [0.2, 0.25) is 0 Å². The molecule has 0 aliphatic carbocycles. The third kappa shape index (κ3) is 4.86. The molecule has 0 saturated heterocycles. The monoisotopic (exact) mass is 451 g/mol. The molecular formula is C24H29N5O2S. The lowest BCUT2D eigenvalue weighted by Crippen LogP contribution is -2.04. The maximum absolute atomic E-state index is 10.7. The summed E-state index contributed by atoms with van der Waals surface area (Å²) in [6.07, 6.45) is 8.96. The van der Waals surface area contributed by atoms with Crippen LogP contribution in [0.5, 0.6) is 5.75 Å². The third-order valence-electron chi connectivity index (χ3n) is 5.86. The van der Waals surface area contributed by atoms with Crippen molar-refractivity contribution in [1.29, 1.82) is 0 Å². The van der Waals surface area contributed by atoms with Gasteiger partial charge >= 0.3 is 0 Å². The molecule has 0 radical (unpaired) electrons. The van der Waals surface area contributed by atoms with Crippen molar-refractivity contribution < 1.29 is 10.2 Å². The number of fused-ring (bicyclic) bond motifs is 2. The van der Waals surface area contributed by atoms with Crippen LogP contribution in [-0.4, -0.2) is 41.7 Å². The molecule has 0 amide bonds. The Bertz CT molecular complexity index is 1210. The molecule has 1 atom stereocenters. The van der Waals surface area contributed by atoms with E-state index in [0.29, 0.717) is 23.1 Å². The Balaban J connectivity index is 1.60. The Kier molecular flexibility index (Phi) is 7.22. The number of pyridine rings is 2. The van der Waals surface area contributed by atoms with Crippen molar-refractivity contribution in [3.05, 3.63) is 42.0 Å². The summed E-state index contributed by atoms with van der Waals surface area (Å²) < 4.78 is 0. The topological polar surface area (TPSA) is 108 Å². The van der Waals surface area contributed by atoms with Crippen LogP contribution in [0.4, 0.5) is 0 Å². The van der Waals surface area contributed by atoms with Crippen LogP contribution in [0.15, 0.2) is 40.6 Å². The first-order valence-electron chi connectivity index (χ1n) is 11.2. The number of nitrogens with zero attached hydrogens (tertiary/aromatic N) is 4. The minimum absolute atomic E-state index is 0.238. The highest BCUT2D eigenvalue weighted by Crippen LogP contribution is 2.34. The standard InChI is InChI=1S/C24H29N5O2S/c1-3-15(14-30)8-5-6-9-19-21-22(31)17(4-2)27-23(21)29-24(28-19)32-16-12-20-18(26-13-16)10-7-11-25-20/h7,10-13,15,30-31H,3-6,8-9,14H2,1-2H3,(H,27,28,29). The summed E-state index contributed by atoms with van der Waals surface area (Å²) in [5, 5.41) is 21.5. The fourth-order valence-electron chi connectivity index (χ4n) is 3.91. The van der Waals surface area contributed by atoms with Gasteiger partial charge in [0, 0.05) is 23.9 Å². The van der Waals surface area contributed by atoms with E-state index >= 15 is 0 Å². The van der Waals surface area contributed by atoms with Crippen molar-refractivity contribution in [1.82, 2.24) is 24.9 Å². The quantitative estimate of drug-likeness (QED) is 0.229.